The van der Waals surface area contributed by atoms with Gasteiger partial charge >= 0.3 is 0 Å². The maximum absolute atomic E-state index is 9.73. The van der Waals surface area contributed by atoms with E-state index in [4.69, 9.17) is 0 Å². The van der Waals surface area contributed by atoms with E-state index in [-0.39, 0.29) is 11.5 Å². The Morgan fingerprint density at radius 1 is 1.41 bits per heavy atom. The molecule has 2 rings (SSSR count). The number of rotatable bonds is 3. The minimum atomic E-state index is -0.175. The van der Waals surface area contributed by atoms with Gasteiger partial charge in [0.1, 0.15) is 0 Å². The quantitative estimate of drug-likeness (QED) is 0.897. The smallest absolute Gasteiger partial charge is 0.0621 e. The molecule has 0 aliphatic heterocycles. The van der Waals surface area contributed by atoms with Crippen molar-refractivity contribution in [3.63, 3.8) is 0 Å². The summed E-state index contributed by atoms with van der Waals surface area (Å²) in [4.78, 5) is 0. The maximum Gasteiger partial charge on any atom is 0.0621 e. The highest BCUT2D eigenvalue weighted by Crippen LogP contribution is 2.41. The lowest BCUT2D eigenvalue weighted by Gasteiger charge is -2.50. The number of nitrogens with one attached hydrogen (secondary N) is 1. The SMILES string of the molecule is CC(NC1CC(O)C1(C)C)c1ccccc1Br. The van der Waals surface area contributed by atoms with Crippen molar-refractivity contribution in [2.24, 2.45) is 5.41 Å². The molecule has 1 saturated carbocycles. The van der Waals surface area contributed by atoms with Crippen LogP contribution < -0.4 is 5.32 Å². The second-order valence-electron chi connectivity index (χ2n) is 5.54. The van der Waals surface area contributed by atoms with E-state index < -0.39 is 0 Å². The van der Waals surface area contributed by atoms with E-state index in [1.165, 1.54) is 5.56 Å². The molecule has 3 heteroatoms. The highest BCUT2D eigenvalue weighted by atomic mass is 79.9. The summed E-state index contributed by atoms with van der Waals surface area (Å²) in [5.41, 5.74) is 1.25. The van der Waals surface area contributed by atoms with Gasteiger partial charge in [-0.3, -0.25) is 0 Å². The first-order chi connectivity index (χ1) is 7.93. The number of hydrogen-bond acceptors (Lipinski definition) is 2. The largest absolute Gasteiger partial charge is 0.392 e. The van der Waals surface area contributed by atoms with Crippen molar-refractivity contribution in [1.29, 1.82) is 0 Å². The van der Waals surface area contributed by atoms with Crippen LogP contribution in [0.25, 0.3) is 0 Å². The molecular formula is C14H20BrNO. The van der Waals surface area contributed by atoms with Crippen LogP contribution >= 0.6 is 15.9 Å². The number of benzene rings is 1. The van der Waals surface area contributed by atoms with Crippen LogP contribution in [0.1, 0.15) is 38.8 Å². The fourth-order valence-corrected chi connectivity index (χ4v) is 3.03. The molecule has 2 nitrogen and oxygen atoms in total. The van der Waals surface area contributed by atoms with Gasteiger partial charge in [-0.2, -0.15) is 0 Å². The Bertz CT molecular complexity index is 405. The summed E-state index contributed by atoms with van der Waals surface area (Å²) in [6.07, 6.45) is 0.674. The summed E-state index contributed by atoms with van der Waals surface area (Å²) >= 11 is 3.58. The molecule has 1 aliphatic rings. The average molecular weight is 298 g/mol. The Hall–Kier alpha value is -0.380. The van der Waals surface area contributed by atoms with Crippen LogP contribution in [0.2, 0.25) is 0 Å². The van der Waals surface area contributed by atoms with Gasteiger partial charge in [0.15, 0.2) is 0 Å². The summed E-state index contributed by atoms with van der Waals surface area (Å²) < 4.78 is 1.14. The van der Waals surface area contributed by atoms with E-state index in [1.54, 1.807) is 0 Å². The van der Waals surface area contributed by atoms with Gasteiger partial charge < -0.3 is 10.4 Å². The number of hydrogen-bond donors (Lipinski definition) is 2. The normalized spacial score (nSPS) is 28.5. The van der Waals surface area contributed by atoms with Crippen molar-refractivity contribution in [3.05, 3.63) is 34.3 Å². The molecule has 0 heterocycles. The maximum atomic E-state index is 9.73. The standard InChI is InChI=1S/C14H20BrNO/c1-9(10-6-4-5-7-11(10)15)16-12-8-13(17)14(12,2)3/h4-7,9,12-13,16-17H,8H2,1-3H3. The van der Waals surface area contributed by atoms with E-state index in [9.17, 15) is 5.11 Å². The molecule has 1 aliphatic carbocycles. The van der Waals surface area contributed by atoms with Crippen molar-refractivity contribution < 1.29 is 5.11 Å². The van der Waals surface area contributed by atoms with E-state index in [0.717, 1.165) is 10.9 Å². The molecule has 3 atom stereocenters. The van der Waals surface area contributed by atoms with E-state index >= 15 is 0 Å². The first-order valence-corrected chi connectivity index (χ1v) is 6.90. The van der Waals surface area contributed by atoms with Gasteiger partial charge in [-0.25, -0.2) is 0 Å². The zero-order chi connectivity index (χ0) is 12.6. The van der Waals surface area contributed by atoms with E-state index in [1.807, 2.05) is 6.07 Å². The molecule has 0 radical (unpaired) electrons. The second kappa shape index (κ2) is 4.71. The van der Waals surface area contributed by atoms with Crippen molar-refractivity contribution in [2.75, 3.05) is 0 Å². The van der Waals surface area contributed by atoms with Crippen molar-refractivity contribution >= 4 is 15.9 Å². The summed E-state index contributed by atoms with van der Waals surface area (Å²) in [5.74, 6) is 0. The molecule has 1 aromatic rings. The van der Waals surface area contributed by atoms with Crippen LogP contribution in [0.4, 0.5) is 0 Å². The monoisotopic (exact) mass is 297 g/mol. The third kappa shape index (κ3) is 2.42. The minimum Gasteiger partial charge on any atom is -0.392 e. The molecule has 0 spiro atoms. The van der Waals surface area contributed by atoms with Crippen LogP contribution in [0, 0.1) is 5.41 Å². The van der Waals surface area contributed by atoms with Crippen LogP contribution in [0.15, 0.2) is 28.7 Å². The topological polar surface area (TPSA) is 32.3 Å². The average Bonchev–Trinajstić information content (AvgIpc) is 2.29. The van der Waals surface area contributed by atoms with Gasteiger partial charge in [-0.15, -0.1) is 0 Å². The van der Waals surface area contributed by atoms with Gasteiger partial charge in [0.2, 0.25) is 0 Å². The highest BCUT2D eigenvalue weighted by Gasteiger charge is 2.47. The summed E-state index contributed by atoms with van der Waals surface area (Å²) in [6.45, 7) is 6.40. The predicted molar refractivity (Wildman–Crippen MR) is 73.9 cm³/mol. The first-order valence-electron chi connectivity index (χ1n) is 6.11. The minimum absolute atomic E-state index is 0.0183. The molecule has 3 unspecified atom stereocenters. The Balaban J connectivity index is 2.04. The van der Waals surface area contributed by atoms with Crippen LogP contribution in [-0.4, -0.2) is 17.3 Å². The summed E-state index contributed by atoms with van der Waals surface area (Å²) in [6, 6.07) is 8.95. The van der Waals surface area contributed by atoms with E-state index in [0.29, 0.717) is 12.1 Å². The van der Waals surface area contributed by atoms with Gasteiger partial charge in [0, 0.05) is 22.0 Å². The Kier molecular flexibility index (Phi) is 3.62. The van der Waals surface area contributed by atoms with Crippen LogP contribution in [-0.2, 0) is 0 Å². The molecule has 2 N–H and O–H groups in total. The first kappa shape index (κ1) is 13.1. The zero-order valence-electron chi connectivity index (χ0n) is 10.6. The lowest BCUT2D eigenvalue weighted by molar-refractivity contribution is -0.0755. The van der Waals surface area contributed by atoms with Crippen molar-refractivity contribution in [2.45, 2.75) is 45.4 Å². The molecule has 0 bridgehead atoms. The number of halogens is 1. The summed E-state index contributed by atoms with van der Waals surface area (Å²) in [7, 11) is 0. The predicted octanol–water partition coefficient (Wildman–Crippen LogP) is 3.26. The molecule has 1 aromatic carbocycles. The fourth-order valence-electron chi connectivity index (χ4n) is 2.40. The zero-order valence-corrected chi connectivity index (χ0v) is 12.2. The van der Waals surface area contributed by atoms with Gasteiger partial charge in [-0.1, -0.05) is 48.0 Å². The second-order valence-corrected chi connectivity index (χ2v) is 6.39. The fraction of sp³-hybridized carbons (Fsp3) is 0.571. The Morgan fingerprint density at radius 3 is 2.59 bits per heavy atom. The van der Waals surface area contributed by atoms with Crippen LogP contribution in [0.5, 0.6) is 0 Å². The molecule has 17 heavy (non-hydrogen) atoms. The molecule has 0 amide bonds. The van der Waals surface area contributed by atoms with Crippen LogP contribution in [0.3, 0.4) is 0 Å². The highest BCUT2D eigenvalue weighted by molar-refractivity contribution is 9.10. The third-order valence-electron chi connectivity index (χ3n) is 4.04. The molecule has 0 saturated heterocycles. The van der Waals surface area contributed by atoms with Crippen molar-refractivity contribution in [1.82, 2.24) is 5.32 Å². The lowest BCUT2D eigenvalue weighted by Crippen LogP contribution is -2.60. The Morgan fingerprint density at radius 2 is 2.06 bits per heavy atom. The van der Waals surface area contributed by atoms with Gasteiger partial charge in [0.25, 0.3) is 0 Å². The lowest BCUT2D eigenvalue weighted by atomic mass is 9.64. The Labute approximate surface area is 112 Å². The number of aliphatic hydroxyl groups excluding tert-OH is 1. The number of aliphatic hydroxyl groups is 1. The van der Waals surface area contributed by atoms with E-state index in [2.05, 4.69) is 60.2 Å². The molecular weight excluding hydrogens is 278 g/mol. The molecule has 0 aromatic heterocycles. The molecule has 1 fully saturated rings. The van der Waals surface area contributed by atoms with Crippen molar-refractivity contribution in [3.8, 4) is 0 Å². The molecule has 94 valence electrons. The van der Waals surface area contributed by atoms with Gasteiger partial charge in [0.05, 0.1) is 6.10 Å². The third-order valence-corrected chi connectivity index (χ3v) is 4.76. The van der Waals surface area contributed by atoms with Gasteiger partial charge in [-0.05, 0) is 25.0 Å². The summed E-state index contributed by atoms with van der Waals surface area (Å²) in [5, 5.41) is 13.3.